The average Bonchev–Trinajstić information content (AvgIpc) is 2.30. The number of hydrogen-bond acceptors (Lipinski definition) is 3. The molecule has 0 heterocycles. The third-order valence-electron chi connectivity index (χ3n) is 3.01. The van der Waals surface area contributed by atoms with Gasteiger partial charge in [0.15, 0.2) is 0 Å². The predicted molar refractivity (Wildman–Crippen MR) is 77.2 cm³/mol. The maximum absolute atomic E-state index is 11.6. The van der Waals surface area contributed by atoms with Crippen molar-refractivity contribution in [2.24, 2.45) is 5.73 Å². The van der Waals surface area contributed by atoms with Gasteiger partial charge in [-0.25, -0.2) is 0 Å². The fourth-order valence-corrected chi connectivity index (χ4v) is 1.96. The molecule has 0 unspecified atom stereocenters. The maximum atomic E-state index is 11.6. The van der Waals surface area contributed by atoms with E-state index in [9.17, 15) is 9.90 Å². The van der Waals surface area contributed by atoms with Crippen LogP contribution in [0.3, 0.4) is 0 Å². The van der Waals surface area contributed by atoms with E-state index in [0.29, 0.717) is 13.0 Å². The molecule has 0 saturated carbocycles. The zero-order valence-electron chi connectivity index (χ0n) is 12.2. The number of carbonyl (C=O) groups excluding carboxylic acids is 1. The van der Waals surface area contributed by atoms with Crippen LogP contribution in [0.2, 0.25) is 0 Å². The molecule has 4 nitrogen and oxygen atoms in total. The first-order valence-electron chi connectivity index (χ1n) is 6.61. The highest BCUT2D eigenvalue weighted by Crippen LogP contribution is 2.31. The molecule has 0 aliphatic carbocycles. The summed E-state index contributed by atoms with van der Waals surface area (Å²) in [7, 11) is 0. The van der Waals surface area contributed by atoms with Gasteiger partial charge in [0.25, 0.3) is 0 Å². The van der Waals surface area contributed by atoms with Crippen LogP contribution in [0.4, 0.5) is 0 Å². The summed E-state index contributed by atoms with van der Waals surface area (Å²) in [6, 6.07) is 4.84. The predicted octanol–water partition coefficient (Wildman–Crippen LogP) is 1.70. The SMILES string of the molecule is CCNC(=O)[C@@H](N)Cc1ccc(O)c(C(C)(C)C)c1. The van der Waals surface area contributed by atoms with Crippen LogP contribution in [0.15, 0.2) is 18.2 Å². The van der Waals surface area contributed by atoms with Crippen LogP contribution in [0.25, 0.3) is 0 Å². The molecule has 106 valence electrons. The first-order valence-corrected chi connectivity index (χ1v) is 6.61. The van der Waals surface area contributed by atoms with Gasteiger partial charge in [0.2, 0.25) is 5.91 Å². The van der Waals surface area contributed by atoms with Crippen LogP contribution in [0, 0.1) is 0 Å². The van der Waals surface area contributed by atoms with Crippen molar-refractivity contribution in [1.82, 2.24) is 5.32 Å². The zero-order valence-corrected chi connectivity index (χ0v) is 12.2. The largest absolute Gasteiger partial charge is 0.508 e. The molecule has 4 heteroatoms. The number of amides is 1. The maximum Gasteiger partial charge on any atom is 0.237 e. The van der Waals surface area contributed by atoms with E-state index in [4.69, 9.17) is 5.73 Å². The molecule has 1 aromatic rings. The van der Waals surface area contributed by atoms with Crippen molar-refractivity contribution >= 4 is 5.91 Å². The van der Waals surface area contributed by atoms with Crippen molar-refractivity contribution in [3.63, 3.8) is 0 Å². The van der Waals surface area contributed by atoms with Gasteiger partial charge in [-0.3, -0.25) is 4.79 Å². The highest BCUT2D eigenvalue weighted by atomic mass is 16.3. The van der Waals surface area contributed by atoms with Crippen LogP contribution < -0.4 is 11.1 Å². The standard InChI is InChI=1S/C15H24N2O2/c1-5-17-14(19)12(16)9-10-6-7-13(18)11(8-10)15(2,3)4/h6-8,12,18H,5,9,16H2,1-4H3,(H,17,19)/t12-/m0/s1. The zero-order chi connectivity index (χ0) is 14.6. The molecule has 1 rings (SSSR count). The highest BCUT2D eigenvalue weighted by molar-refractivity contribution is 5.81. The summed E-state index contributed by atoms with van der Waals surface area (Å²) >= 11 is 0. The minimum absolute atomic E-state index is 0.143. The molecule has 4 N–H and O–H groups in total. The molecule has 0 aromatic heterocycles. The van der Waals surface area contributed by atoms with E-state index in [2.05, 4.69) is 5.32 Å². The first kappa shape index (κ1) is 15.5. The van der Waals surface area contributed by atoms with Gasteiger partial charge >= 0.3 is 0 Å². The Bertz CT molecular complexity index is 450. The van der Waals surface area contributed by atoms with E-state index in [-0.39, 0.29) is 17.1 Å². The molecular weight excluding hydrogens is 240 g/mol. The van der Waals surface area contributed by atoms with Crippen LogP contribution >= 0.6 is 0 Å². The van der Waals surface area contributed by atoms with Gasteiger partial charge < -0.3 is 16.2 Å². The lowest BCUT2D eigenvalue weighted by molar-refractivity contribution is -0.122. The normalized spacial score (nSPS) is 13.1. The quantitative estimate of drug-likeness (QED) is 0.774. The van der Waals surface area contributed by atoms with E-state index in [1.54, 1.807) is 6.07 Å². The Hall–Kier alpha value is -1.55. The topological polar surface area (TPSA) is 75.4 Å². The third-order valence-corrected chi connectivity index (χ3v) is 3.01. The fraction of sp³-hybridized carbons (Fsp3) is 0.533. The molecule has 0 aliphatic rings. The average molecular weight is 264 g/mol. The third kappa shape index (κ3) is 4.24. The number of rotatable bonds is 4. The number of benzene rings is 1. The molecule has 1 atom stereocenters. The number of phenolic OH excluding ortho intramolecular Hbond substituents is 1. The molecule has 0 radical (unpaired) electrons. The Labute approximate surface area is 115 Å². The Morgan fingerprint density at radius 2 is 2.05 bits per heavy atom. The number of nitrogens with two attached hydrogens (primary N) is 1. The van der Waals surface area contributed by atoms with Crippen molar-refractivity contribution < 1.29 is 9.90 Å². The van der Waals surface area contributed by atoms with Gasteiger partial charge in [0.1, 0.15) is 5.75 Å². The molecule has 1 amide bonds. The molecule has 0 spiro atoms. The van der Waals surface area contributed by atoms with E-state index in [1.165, 1.54) is 0 Å². The Kier molecular flexibility index (Phi) is 4.95. The highest BCUT2D eigenvalue weighted by Gasteiger charge is 2.20. The van der Waals surface area contributed by atoms with Gasteiger partial charge in [-0.1, -0.05) is 32.9 Å². The van der Waals surface area contributed by atoms with Crippen molar-refractivity contribution in [3.8, 4) is 5.75 Å². The Morgan fingerprint density at radius 1 is 1.42 bits per heavy atom. The van der Waals surface area contributed by atoms with Crippen LogP contribution in [0.5, 0.6) is 5.75 Å². The number of phenols is 1. The molecular formula is C15H24N2O2. The lowest BCUT2D eigenvalue weighted by Crippen LogP contribution is -2.41. The van der Waals surface area contributed by atoms with Gasteiger partial charge in [0, 0.05) is 6.54 Å². The van der Waals surface area contributed by atoms with Gasteiger partial charge in [0.05, 0.1) is 6.04 Å². The second kappa shape index (κ2) is 6.06. The Balaban J connectivity index is 2.89. The number of hydrogen-bond donors (Lipinski definition) is 3. The molecule has 19 heavy (non-hydrogen) atoms. The van der Waals surface area contributed by atoms with Crippen molar-refractivity contribution in [2.45, 2.75) is 45.6 Å². The second-order valence-electron chi connectivity index (χ2n) is 5.81. The first-order chi connectivity index (χ1) is 8.75. The lowest BCUT2D eigenvalue weighted by Gasteiger charge is -2.22. The molecule has 0 bridgehead atoms. The van der Waals surface area contributed by atoms with E-state index in [1.807, 2.05) is 39.8 Å². The lowest BCUT2D eigenvalue weighted by atomic mass is 9.85. The van der Waals surface area contributed by atoms with E-state index in [0.717, 1.165) is 11.1 Å². The summed E-state index contributed by atoms with van der Waals surface area (Å²) < 4.78 is 0. The molecule has 1 aromatic carbocycles. The van der Waals surface area contributed by atoms with Crippen molar-refractivity contribution in [3.05, 3.63) is 29.3 Å². The summed E-state index contributed by atoms with van der Waals surface area (Å²) in [5, 5.41) is 12.6. The van der Waals surface area contributed by atoms with E-state index < -0.39 is 6.04 Å². The summed E-state index contributed by atoms with van der Waals surface area (Å²) in [4.78, 5) is 11.6. The van der Waals surface area contributed by atoms with Crippen LogP contribution in [0.1, 0.15) is 38.8 Å². The molecule has 0 saturated heterocycles. The van der Waals surface area contributed by atoms with Gasteiger partial charge in [-0.05, 0) is 36.0 Å². The van der Waals surface area contributed by atoms with Crippen LogP contribution in [-0.2, 0) is 16.6 Å². The number of nitrogens with one attached hydrogen (secondary N) is 1. The summed E-state index contributed by atoms with van der Waals surface area (Å²) in [5.41, 5.74) is 7.54. The van der Waals surface area contributed by atoms with Crippen LogP contribution in [-0.4, -0.2) is 23.6 Å². The minimum atomic E-state index is -0.558. The number of carbonyl (C=O) groups is 1. The minimum Gasteiger partial charge on any atom is -0.508 e. The van der Waals surface area contributed by atoms with Crippen molar-refractivity contribution in [2.75, 3.05) is 6.54 Å². The smallest absolute Gasteiger partial charge is 0.237 e. The van der Waals surface area contributed by atoms with Gasteiger partial charge in [-0.15, -0.1) is 0 Å². The fourth-order valence-electron chi connectivity index (χ4n) is 1.96. The summed E-state index contributed by atoms with van der Waals surface area (Å²) in [6.45, 7) is 8.55. The number of aromatic hydroxyl groups is 1. The Morgan fingerprint density at radius 3 is 2.58 bits per heavy atom. The molecule has 0 fully saturated rings. The number of likely N-dealkylation sites (N-methyl/N-ethyl adjacent to an activating group) is 1. The summed E-state index contributed by atoms with van der Waals surface area (Å²) in [6.07, 6.45) is 0.467. The second-order valence-corrected chi connectivity index (χ2v) is 5.81. The van der Waals surface area contributed by atoms with Gasteiger partial charge in [-0.2, -0.15) is 0 Å². The molecule has 0 aliphatic heterocycles. The van der Waals surface area contributed by atoms with Crippen molar-refractivity contribution in [1.29, 1.82) is 0 Å². The van der Waals surface area contributed by atoms with E-state index >= 15 is 0 Å². The monoisotopic (exact) mass is 264 g/mol. The summed E-state index contributed by atoms with van der Waals surface area (Å²) in [5.74, 6) is 0.135.